The molecule has 2 aliphatic rings. The highest BCUT2D eigenvalue weighted by atomic mass is 16.6. The molecule has 1 aliphatic carbocycles. The molecule has 0 bridgehead atoms. The van der Waals surface area contributed by atoms with Crippen LogP contribution in [0.3, 0.4) is 0 Å². The molecule has 4 rings (SSSR count). The molecular weight excluding hydrogens is 320 g/mol. The van der Waals surface area contributed by atoms with E-state index in [-0.39, 0.29) is 18.8 Å². The van der Waals surface area contributed by atoms with Gasteiger partial charge in [0, 0.05) is 17.5 Å². The second kappa shape index (κ2) is 5.43. The molecule has 1 heterocycles. The van der Waals surface area contributed by atoms with Crippen LogP contribution in [0.25, 0.3) is 0 Å². The van der Waals surface area contributed by atoms with E-state index in [2.05, 4.69) is 0 Å². The molecule has 1 saturated carbocycles. The van der Waals surface area contributed by atoms with Gasteiger partial charge in [0.15, 0.2) is 5.78 Å². The Bertz CT molecular complexity index is 846. The lowest BCUT2D eigenvalue weighted by atomic mass is 9.80. The molecule has 5 heteroatoms. The number of rotatable bonds is 4. The number of Topliss-reactive ketones (excluding diaryl/α,β-unsaturated/α-hetero) is 1. The molecule has 0 spiro atoms. The summed E-state index contributed by atoms with van der Waals surface area (Å²) in [6.07, 6.45) is -1.03. The molecule has 1 N–H and O–H groups in total. The molecule has 0 aromatic heterocycles. The molecule has 1 aliphatic heterocycles. The standard InChI is InChI=1S/C20H18O5/c1-2-24-18(23)20-12-19(20,16(21)13-8-4-3-5-9-13)17(22)14-10-6-7-11-15(14)25-20/h3-11,17,22H,2,12H2,1H3/t17-,19+,20+/m1/s1. The fourth-order valence-corrected chi connectivity index (χ4v) is 3.82. The fourth-order valence-electron chi connectivity index (χ4n) is 3.82. The third-order valence-corrected chi connectivity index (χ3v) is 5.13. The molecular formula is C20H18O5. The quantitative estimate of drug-likeness (QED) is 0.685. The van der Waals surface area contributed by atoms with E-state index >= 15 is 0 Å². The maximum Gasteiger partial charge on any atom is 0.351 e. The number of benzene rings is 2. The number of ketones is 1. The highest BCUT2D eigenvalue weighted by Gasteiger charge is 2.84. The number of esters is 1. The van der Waals surface area contributed by atoms with Crippen LogP contribution in [0.2, 0.25) is 0 Å². The van der Waals surface area contributed by atoms with E-state index in [9.17, 15) is 14.7 Å². The zero-order chi connectivity index (χ0) is 17.7. The Labute approximate surface area is 145 Å². The molecule has 2 aromatic carbocycles. The van der Waals surface area contributed by atoms with Gasteiger partial charge in [0.05, 0.1) is 6.61 Å². The van der Waals surface area contributed by atoms with Gasteiger partial charge in [0.25, 0.3) is 0 Å². The Hall–Kier alpha value is -2.66. The first kappa shape index (κ1) is 15.8. The van der Waals surface area contributed by atoms with Crippen LogP contribution in [0.15, 0.2) is 54.6 Å². The van der Waals surface area contributed by atoms with Gasteiger partial charge in [-0.15, -0.1) is 0 Å². The van der Waals surface area contributed by atoms with Crippen molar-refractivity contribution in [1.29, 1.82) is 0 Å². The zero-order valence-electron chi connectivity index (χ0n) is 13.8. The second-order valence-electron chi connectivity index (χ2n) is 6.43. The summed E-state index contributed by atoms with van der Waals surface area (Å²) >= 11 is 0. The van der Waals surface area contributed by atoms with Crippen molar-refractivity contribution in [2.75, 3.05) is 6.61 Å². The van der Waals surface area contributed by atoms with E-state index in [1.54, 1.807) is 55.5 Å². The number of carbonyl (C=O) groups is 2. The van der Waals surface area contributed by atoms with Crippen molar-refractivity contribution >= 4 is 11.8 Å². The fraction of sp³-hybridized carbons (Fsp3) is 0.300. The highest BCUT2D eigenvalue weighted by molar-refractivity contribution is 6.10. The number of aliphatic hydroxyl groups excluding tert-OH is 1. The minimum Gasteiger partial charge on any atom is -0.474 e. The van der Waals surface area contributed by atoms with Gasteiger partial charge in [0.2, 0.25) is 5.60 Å². The third kappa shape index (κ3) is 1.99. The van der Waals surface area contributed by atoms with Crippen LogP contribution in [0.1, 0.15) is 35.4 Å². The van der Waals surface area contributed by atoms with Crippen LogP contribution in [0.5, 0.6) is 5.75 Å². The molecule has 25 heavy (non-hydrogen) atoms. The van der Waals surface area contributed by atoms with Crippen molar-refractivity contribution in [2.24, 2.45) is 5.41 Å². The zero-order valence-corrected chi connectivity index (χ0v) is 13.8. The molecule has 3 atom stereocenters. The molecule has 0 saturated heterocycles. The summed E-state index contributed by atoms with van der Waals surface area (Å²) in [5.41, 5.74) is -1.86. The van der Waals surface area contributed by atoms with Crippen LogP contribution in [0, 0.1) is 5.41 Å². The summed E-state index contributed by atoms with van der Waals surface area (Å²) in [5, 5.41) is 11.0. The van der Waals surface area contributed by atoms with Crippen molar-refractivity contribution in [1.82, 2.24) is 0 Å². The predicted octanol–water partition coefficient (Wildman–Crippen LogP) is 2.69. The van der Waals surface area contributed by atoms with Crippen LogP contribution >= 0.6 is 0 Å². The van der Waals surface area contributed by atoms with Crippen molar-refractivity contribution in [2.45, 2.75) is 25.0 Å². The third-order valence-electron chi connectivity index (χ3n) is 5.13. The van der Waals surface area contributed by atoms with Crippen LogP contribution in [0.4, 0.5) is 0 Å². The Balaban J connectivity index is 1.85. The molecule has 0 amide bonds. The first-order chi connectivity index (χ1) is 12.1. The SMILES string of the molecule is CCOC(=O)[C@@]12C[C@]1(C(=O)c1ccccc1)[C@H](O)c1ccccc1O2. The van der Waals surface area contributed by atoms with Gasteiger partial charge in [-0.3, -0.25) is 4.79 Å². The summed E-state index contributed by atoms with van der Waals surface area (Å²) in [4.78, 5) is 25.9. The maximum absolute atomic E-state index is 13.2. The number of hydrogen-bond donors (Lipinski definition) is 1. The Morgan fingerprint density at radius 1 is 1.16 bits per heavy atom. The molecule has 2 aromatic rings. The lowest BCUT2D eigenvalue weighted by Gasteiger charge is -2.34. The Morgan fingerprint density at radius 2 is 1.84 bits per heavy atom. The second-order valence-corrected chi connectivity index (χ2v) is 6.43. The van der Waals surface area contributed by atoms with E-state index in [0.29, 0.717) is 16.9 Å². The number of ether oxygens (including phenoxy) is 2. The molecule has 1 fully saturated rings. The van der Waals surface area contributed by atoms with Crippen LogP contribution < -0.4 is 4.74 Å². The van der Waals surface area contributed by atoms with Crippen LogP contribution in [-0.4, -0.2) is 29.1 Å². The molecule has 5 nitrogen and oxygen atoms in total. The Kier molecular flexibility index (Phi) is 3.44. The van der Waals surface area contributed by atoms with Gasteiger partial charge in [-0.25, -0.2) is 4.79 Å². The van der Waals surface area contributed by atoms with Gasteiger partial charge >= 0.3 is 5.97 Å². The van der Waals surface area contributed by atoms with Gasteiger partial charge in [0.1, 0.15) is 17.3 Å². The minimum atomic E-state index is -1.47. The monoisotopic (exact) mass is 338 g/mol. The topological polar surface area (TPSA) is 72.8 Å². The van der Waals surface area contributed by atoms with Gasteiger partial charge in [-0.05, 0) is 13.0 Å². The van der Waals surface area contributed by atoms with E-state index < -0.39 is 23.1 Å². The van der Waals surface area contributed by atoms with E-state index in [1.165, 1.54) is 0 Å². The molecule has 128 valence electrons. The molecule has 0 radical (unpaired) electrons. The van der Waals surface area contributed by atoms with Gasteiger partial charge in [-0.1, -0.05) is 48.5 Å². The normalized spacial score (nSPS) is 29.0. The van der Waals surface area contributed by atoms with Crippen molar-refractivity contribution in [3.05, 3.63) is 65.7 Å². The number of carbonyl (C=O) groups excluding carboxylic acids is 2. The largest absolute Gasteiger partial charge is 0.474 e. The smallest absolute Gasteiger partial charge is 0.351 e. The van der Waals surface area contributed by atoms with Crippen molar-refractivity contribution < 1.29 is 24.2 Å². The summed E-state index contributed by atoms with van der Waals surface area (Å²) in [7, 11) is 0. The summed E-state index contributed by atoms with van der Waals surface area (Å²) in [6, 6.07) is 15.6. The average molecular weight is 338 g/mol. The number of aliphatic hydroxyl groups is 1. The van der Waals surface area contributed by atoms with Gasteiger partial charge < -0.3 is 14.6 Å². The maximum atomic E-state index is 13.2. The number of fused-ring (bicyclic) bond motifs is 2. The lowest BCUT2D eigenvalue weighted by molar-refractivity contribution is -0.158. The van der Waals surface area contributed by atoms with E-state index in [4.69, 9.17) is 9.47 Å². The molecule has 0 unspecified atom stereocenters. The van der Waals surface area contributed by atoms with Crippen molar-refractivity contribution in [3.8, 4) is 5.75 Å². The number of para-hydroxylation sites is 1. The first-order valence-corrected chi connectivity index (χ1v) is 8.30. The van der Waals surface area contributed by atoms with Crippen molar-refractivity contribution in [3.63, 3.8) is 0 Å². The van der Waals surface area contributed by atoms with Gasteiger partial charge in [-0.2, -0.15) is 0 Å². The number of hydrogen-bond acceptors (Lipinski definition) is 5. The summed E-state index contributed by atoms with van der Waals surface area (Å²) in [5.74, 6) is -0.493. The first-order valence-electron chi connectivity index (χ1n) is 8.30. The minimum absolute atomic E-state index is 0.0996. The van der Waals surface area contributed by atoms with E-state index in [0.717, 1.165) is 0 Å². The summed E-state index contributed by atoms with van der Waals surface area (Å²) < 4.78 is 11.1. The van der Waals surface area contributed by atoms with E-state index in [1.807, 2.05) is 6.07 Å². The lowest BCUT2D eigenvalue weighted by Crippen LogP contribution is -2.46. The average Bonchev–Trinajstić information content (AvgIpc) is 3.34. The van der Waals surface area contributed by atoms with Crippen LogP contribution in [-0.2, 0) is 9.53 Å². The summed E-state index contributed by atoms with van der Waals surface area (Å²) in [6.45, 7) is 1.88. The highest BCUT2D eigenvalue weighted by Crippen LogP contribution is 2.70. The Morgan fingerprint density at radius 3 is 2.56 bits per heavy atom. The predicted molar refractivity (Wildman–Crippen MR) is 89.2 cm³/mol.